The van der Waals surface area contributed by atoms with Crippen molar-refractivity contribution in [1.29, 1.82) is 0 Å². The van der Waals surface area contributed by atoms with Gasteiger partial charge in [0.05, 0.1) is 6.10 Å². The molecule has 0 fully saturated rings. The molecule has 0 aliphatic rings. The van der Waals surface area contributed by atoms with E-state index in [1.54, 1.807) is 11.3 Å². The molecule has 2 N–H and O–H groups in total. The fraction of sp³-hybridized carbons (Fsp3) is 0.278. The average Bonchev–Trinajstić information content (AvgIpc) is 3.17. The maximum atomic E-state index is 10.1. The molecule has 5 heteroatoms. The fourth-order valence-corrected chi connectivity index (χ4v) is 3.22. The number of aliphatic hydroxyl groups is 1. The van der Waals surface area contributed by atoms with Crippen molar-refractivity contribution in [2.45, 2.75) is 26.0 Å². The quantitative estimate of drug-likeness (QED) is 0.698. The molecule has 1 unspecified atom stereocenters. The van der Waals surface area contributed by atoms with Crippen molar-refractivity contribution in [3.05, 3.63) is 64.9 Å². The topological polar surface area (TPSA) is 58.3 Å². The number of aryl methyl sites for hydroxylation is 1. The van der Waals surface area contributed by atoms with Gasteiger partial charge < -0.3 is 14.8 Å². The Labute approximate surface area is 139 Å². The van der Waals surface area contributed by atoms with Crippen LogP contribution in [0, 0.1) is 6.92 Å². The Morgan fingerprint density at radius 3 is 2.78 bits per heavy atom. The minimum Gasteiger partial charge on any atom is -0.459 e. The Bertz CT molecular complexity index is 736. The first-order chi connectivity index (χ1) is 11.2. The molecule has 1 aromatic carbocycles. The molecule has 0 radical (unpaired) electrons. The lowest BCUT2D eigenvalue weighted by Crippen LogP contribution is -2.27. The van der Waals surface area contributed by atoms with Crippen LogP contribution in [0.3, 0.4) is 0 Å². The van der Waals surface area contributed by atoms with Gasteiger partial charge in [0, 0.05) is 24.2 Å². The number of thiazole rings is 1. The number of hydrogen-bond donors (Lipinski definition) is 2. The summed E-state index contributed by atoms with van der Waals surface area (Å²) in [5, 5.41) is 14.2. The Balaban J connectivity index is 1.46. The summed E-state index contributed by atoms with van der Waals surface area (Å²) >= 11 is 1.61. The summed E-state index contributed by atoms with van der Waals surface area (Å²) in [5.74, 6) is 1.70. The van der Waals surface area contributed by atoms with E-state index in [2.05, 4.69) is 10.3 Å². The van der Waals surface area contributed by atoms with Crippen LogP contribution in [0.25, 0.3) is 10.8 Å². The largest absolute Gasteiger partial charge is 0.459 e. The van der Waals surface area contributed by atoms with E-state index in [9.17, 15) is 5.11 Å². The zero-order valence-corrected chi connectivity index (χ0v) is 13.8. The maximum Gasteiger partial charge on any atom is 0.162 e. The first kappa shape index (κ1) is 15.9. The Hall–Kier alpha value is -1.95. The molecular weight excluding hydrogens is 308 g/mol. The first-order valence-corrected chi connectivity index (χ1v) is 8.46. The molecule has 3 rings (SSSR count). The van der Waals surface area contributed by atoms with Crippen LogP contribution in [-0.2, 0) is 13.0 Å². The van der Waals surface area contributed by atoms with Crippen molar-refractivity contribution in [3.63, 3.8) is 0 Å². The molecule has 0 saturated heterocycles. The van der Waals surface area contributed by atoms with Crippen molar-refractivity contribution < 1.29 is 9.52 Å². The SMILES string of the molecule is Cc1ccc(-c2ncc(CNCC(O)Cc3ccccc3)s2)o1. The van der Waals surface area contributed by atoms with Gasteiger partial charge in [-0.2, -0.15) is 0 Å². The van der Waals surface area contributed by atoms with Gasteiger partial charge in [-0.1, -0.05) is 30.3 Å². The van der Waals surface area contributed by atoms with E-state index in [1.807, 2.05) is 55.6 Å². The zero-order chi connectivity index (χ0) is 16.1. The van der Waals surface area contributed by atoms with E-state index in [0.29, 0.717) is 19.5 Å². The molecule has 0 spiro atoms. The Morgan fingerprint density at radius 1 is 1.22 bits per heavy atom. The molecular formula is C18H20N2O2S. The number of furan rings is 1. The van der Waals surface area contributed by atoms with Gasteiger partial charge in [-0.15, -0.1) is 11.3 Å². The average molecular weight is 328 g/mol. The monoisotopic (exact) mass is 328 g/mol. The zero-order valence-electron chi connectivity index (χ0n) is 13.0. The van der Waals surface area contributed by atoms with Crippen LogP contribution in [0.2, 0.25) is 0 Å². The molecule has 1 atom stereocenters. The van der Waals surface area contributed by atoms with Gasteiger partial charge in [0.25, 0.3) is 0 Å². The summed E-state index contributed by atoms with van der Waals surface area (Å²) in [5.41, 5.74) is 1.15. The Morgan fingerprint density at radius 2 is 2.04 bits per heavy atom. The summed E-state index contributed by atoms with van der Waals surface area (Å²) in [7, 11) is 0. The van der Waals surface area contributed by atoms with Gasteiger partial charge in [0.2, 0.25) is 0 Å². The second kappa shape index (κ2) is 7.55. The normalized spacial score (nSPS) is 12.4. The van der Waals surface area contributed by atoms with Crippen LogP contribution in [-0.4, -0.2) is 22.7 Å². The van der Waals surface area contributed by atoms with Crippen LogP contribution in [0.4, 0.5) is 0 Å². The van der Waals surface area contributed by atoms with E-state index in [0.717, 1.165) is 27.0 Å². The highest BCUT2D eigenvalue weighted by atomic mass is 32.1. The lowest BCUT2D eigenvalue weighted by Gasteiger charge is -2.11. The highest BCUT2D eigenvalue weighted by Crippen LogP contribution is 2.26. The van der Waals surface area contributed by atoms with Crippen molar-refractivity contribution in [1.82, 2.24) is 10.3 Å². The summed E-state index contributed by atoms with van der Waals surface area (Å²) in [4.78, 5) is 5.51. The molecule has 4 nitrogen and oxygen atoms in total. The van der Waals surface area contributed by atoms with Crippen molar-refractivity contribution in [2.75, 3.05) is 6.54 Å². The van der Waals surface area contributed by atoms with Gasteiger partial charge in [-0.3, -0.25) is 0 Å². The van der Waals surface area contributed by atoms with Crippen molar-refractivity contribution in [2.24, 2.45) is 0 Å². The van der Waals surface area contributed by atoms with E-state index in [1.165, 1.54) is 0 Å². The molecule has 0 aliphatic carbocycles. The summed E-state index contributed by atoms with van der Waals surface area (Å²) in [6, 6.07) is 13.9. The highest BCUT2D eigenvalue weighted by molar-refractivity contribution is 7.14. The molecule has 2 heterocycles. The standard InChI is InChI=1S/C18H20N2O2S/c1-13-7-8-17(22-13)18-20-12-16(23-18)11-19-10-15(21)9-14-5-3-2-4-6-14/h2-8,12,15,19,21H,9-11H2,1H3. The van der Waals surface area contributed by atoms with Crippen LogP contribution >= 0.6 is 11.3 Å². The van der Waals surface area contributed by atoms with Crippen molar-refractivity contribution >= 4 is 11.3 Å². The number of nitrogens with one attached hydrogen (secondary N) is 1. The van der Waals surface area contributed by atoms with Crippen LogP contribution < -0.4 is 5.32 Å². The van der Waals surface area contributed by atoms with Gasteiger partial charge in [-0.05, 0) is 31.0 Å². The van der Waals surface area contributed by atoms with E-state index in [4.69, 9.17) is 4.42 Å². The lowest BCUT2D eigenvalue weighted by atomic mass is 10.1. The molecule has 120 valence electrons. The summed E-state index contributed by atoms with van der Waals surface area (Å²) < 4.78 is 5.58. The second-order valence-electron chi connectivity index (χ2n) is 5.52. The third-order valence-corrected chi connectivity index (χ3v) is 4.51. The highest BCUT2D eigenvalue weighted by Gasteiger charge is 2.09. The van der Waals surface area contributed by atoms with E-state index in [-0.39, 0.29) is 0 Å². The molecule has 0 amide bonds. The van der Waals surface area contributed by atoms with Gasteiger partial charge in [-0.25, -0.2) is 4.98 Å². The van der Waals surface area contributed by atoms with Crippen LogP contribution in [0.1, 0.15) is 16.2 Å². The molecule has 3 aromatic rings. The molecule has 0 saturated carbocycles. The number of nitrogens with zero attached hydrogens (tertiary/aromatic N) is 1. The minimum atomic E-state index is -0.391. The predicted octanol–water partition coefficient (Wildman–Crippen LogP) is 3.40. The van der Waals surface area contributed by atoms with Gasteiger partial charge in [0.15, 0.2) is 10.8 Å². The van der Waals surface area contributed by atoms with Crippen LogP contribution in [0.15, 0.2) is 53.1 Å². The second-order valence-corrected chi connectivity index (χ2v) is 6.63. The van der Waals surface area contributed by atoms with Crippen LogP contribution in [0.5, 0.6) is 0 Å². The third-order valence-electron chi connectivity index (χ3n) is 3.50. The third kappa shape index (κ3) is 4.51. The number of aromatic nitrogens is 1. The molecule has 23 heavy (non-hydrogen) atoms. The van der Waals surface area contributed by atoms with E-state index < -0.39 is 6.10 Å². The maximum absolute atomic E-state index is 10.1. The smallest absolute Gasteiger partial charge is 0.162 e. The number of benzene rings is 1. The van der Waals surface area contributed by atoms with Crippen molar-refractivity contribution in [3.8, 4) is 10.8 Å². The lowest BCUT2D eigenvalue weighted by molar-refractivity contribution is 0.171. The predicted molar refractivity (Wildman–Crippen MR) is 92.4 cm³/mol. The minimum absolute atomic E-state index is 0.391. The number of hydrogen-bond acceptors (Lipinski definition) is 5. The molecule has 2 aromatic heterocycles. The molecule has 0 bridgehead atoms. The Kier molecular flexibility index (Phi) is 5.23. The van der Waals surface area contributed by atoms with Gasteiger partial charge in [0.1, 0.15) is 5.76 Å². The summed E-state index contributed by atoms with van der Waals surface area (Å²) in [6.45, 7) is 3.18. The number of rotatable bonds is 7. The summed E-state index contributed by atoms with van der Waals surface area (Å²) in [6.07, 6.45) is 2.12. The first-order valence-electron chi connectivity index (χ1n) is 7.65. The fourth-order valence-electron chi connectivity index (χ4n) is 2.37. The van der Waals surface area contributed by atoms with Gasteiger partial charge >= 0.3 is 0 Å². The van der Waals surface area contributed by atoms with E-state index >= 15 is 0 Å². The molecule has 0 aliphatic heterocycles. The number of aliphatic hydroxyl groups excluding tert-OH is 1.